The van der Waals surface area contributed by atoms with Gasteiger partial charge < -0.3 is 10.6 Å². The molecule has 0 radical (unpaired) electrons. The lowest BCUT2D eigenvalue weighted by molar-refractivity contribution is -0.156. The first kappa shape index (κ1) is 14.5. The summed E-state index contributed by atoms with van der Waals surface area (Å²) < 4.78 is 0. The molecule has 0 bridgehead atoms. The smallest absolute Gasteiger partial charge is 0.229 e. The topological polar surface area (TPSA) is 66.6 Å². The molecule has 0 unspecified atom stereocenters. The van der Waals surface area contributed by atoms with Gasteiger partial charge in [-0.1, -0.05) is 13.8 Å². The van der Waals surface area contributed by atoms with Gasteiger partial charge >= 0.3 is 0 Å². The largest absolute Gasteiger partial charge is 0.329 e. The van der Waals surface area contributed by atoms with Crippen LogP contribution in [0.2, 0.25) is 0 Å². The van der Waals surface area contributed by atoms with Crippen LogP contribution in [0.15, 0.2) is 0 Å². The predicted octanol–water partition coefficient (Wildman–Crippen LogP) is 0.585. The van der Waals surface area contributed by atoms with Gasteiger partial charge in [0.2, 0.25) is 11.8 Å². The quantitative estimate of drug-likeness (QED) is 0.760. The molecule has 0 spiro atoms. The summed E-state index contributed by atoms with van der Waals surface area (Å²) >= 11 is 0. The highest BCUT2D eigenvalue weighted by atomic mass is 16.2. The highest BCUT2D eigenvalue weighted by molar-refractivity contribution is 5.98. The van der Waals surface area contributed by atoms with Crippen molar-refractivity contribution in [3.63, 3.8) is 0 Å². The molecular weight excluding hydrogens is 242 g/mol. The lowest BCUT2D eigenvalue weighted by Gasteiger charge is -2.42. The van der Waals surface area contributed by atoms with Crippen molar-refractivity contribution in [2.45, 2.75) is 45.6 Å². The molecule has 2 saturated heterocycles. The van der Waals surface area contributed by atoms with E-state index in [4.69, 9.17) is 5.73 Å². The first-order valence-corrected chi connectivity index (χ1v) is 7.20. The monoisotopic (exact) mass is 267 g/mol. The molecule has 5 nitrogen and oxygen atoms in total. The van der Waals surface area contributed by atoms with Crippen molar-refractivity contribution in [3.8, 4) is 0 Å². The maximum absolute atomic E-state index is 12.2. The van der Waals surface area contributed by atoms with E-state index < -0.39 is 0 Å². The summed E-state index contributed by atoms with van der Waals surface area (Å²) in [6.07, 6.45) is 2.75. The lowest BCUT2D eigenvalue weighted by atomic mass is 9.81. The number of imide groups is 1. The van der Waals surface area contributed by atoms with Crippen LogP contribution in [0.5, 0.6) is 0 Å². The van der Waals surface area contributed by atoms with Gasteiger partial charge in [-0.3, -0.25) is 14.5 Å². The number of nitrogens with two attached hydrogens (primary N) is 1. The molecular formula is C14H25N3O2. The van der Waals surface area contributed by atoms with E-state index >= 15 is 0 Å². The first-order valence-electron chi connectivity index (χ1n) is 7.20. The minimum atomic E-state index is -0.176. The zero-order valence-electron chi connectivity index (χ0n) is 12.0. The Morgan fingerprint density at radius 1 is 1.16 bits per heavy atom. The van der Waals surface area contributed by atoms with Gasteiger partial charge in [-0.25, -0.2) is 0 Å². The molecule has 5 heteroatoms. The lowest BCUT2D eigenvalue weighted by Crippen LogP contribution is -2.54. The number of carbonyl (C=O) groups excluding carboxylic acids is 2. The van der Waals surface area contributed by atoms with Crippen LogP contribution in [0.3, 0.4) is 0 Å². The van der Waals surface area contributed by atoms with Crippen molar-refractivity contribution in [2.24, 2.45) is 11.1 Å². The third kappa shape index (κ3) is 3.34. The molecule has 2 rings (SSSR count). The Morgan fingerprint density at radius 2 is 1.68 bits per heavy atom. The van der Waals surface area contributed by atoms with E-state index in [1.807, 2.05) is 13.8 Å². The number of rotatable bonds is 3. The Labute approximate surface area is 115 Å². The average molecular weight is 267 g/mol. The molecule has 0 aliphatic carbocycles. The van der Waals surface area contributed by atoms with Gasteiger partial charge in [0.15, 0.2) is 0 Å². The van der Waals surface area contributed by atoms with Gasteiger partial charge in [-0.2, -0.15) is 0 Å². The number of carbonyl (C=O) groups is 2. The Bertz CT molecular complexity index is 340. The van der Waals surface area contributed by atoms with Crippen molar-refractivity contribution in [2.75, 3.05) is 26.2 Å². The van der Waals surface area contributed by atoms with Crippen LogP contribution < -0.4 is 5.73 Å². The minimum absolute atomic E-state index is 0.0125. The number of hydrogen-bond acceptors (Lipinski definition) is 4. The third-order valence-corrected chi connectivity index (χ3v) is 4.16. The van der Waals surface area contributed by atoms with Gasteiger partial charge in [-0.05, 0) is 18.3 Å². The molecule has 2 heterocycles. The SMILES string of the molecule is CC1(C)CC(=O)N(C2CCN(CCN)CC2)C(=O)C1. The molecule has 2 aliphatic heterocycles. The third-order valence-electron chi connectivity index (χ3n) is 4.16. The first-order chi connectivity index (χ1) is 8.93. The van der Waals surface area contributed by atoms with Gasteiger partial charge in [0, 0.05) is 45.1 Å². The second-order valence-electron chi connectivity index (χ2n) is 6.54. The standard InChI is InChI=1S/C14H25N3O2/c1-14(2)9-12(18)17(13(19)10-14)11-3-6-16(7-4-11)8-5-15/h11H,3-10,15H2,1-2H3. The highest BCUT2D eigenvalue weighted by Crippen LogP contribution is 2.33. The van der Waals surface area contributed by atoms with Crippen molar-refractivity contribution >= 4 is 11.8 Å². The summed E-state index contributed by atoms with van der Waals surface area (Å²) in [7, 11) is 0. The summed E-state index contributed by atoms with van der Waals surface area (Å²) in [5.74, 6) is 0.0250. The highest BCUT2D eigenvalue weighted by Gasteiger charge is 2.41. The molecule has 0 aromatic rings. The summed E-state index contributed by atoms with van der Waals surface area (Å²) in [6.45, 7) is 7.42. The van der Waals surface area contributed by atoms with Crippen LogP contribution in [0, 0.1) is 5.41 Å². The molecule has 0 saturated carbocycles. The number of amides is 2. The van der Waals surface area contributed by atoms with Crippen LogP contribution in [-0.2, 0) is 9.59 Å². The maximum Gasteiger partial charge on any atom is 0.229 e. The molecule has 0 atom stereocenters. The maximum atomic E-state index is 12.2. The van der Waals surface area contributed by atoms with E-state index in [2.05, 4.69) is 4.90 Å². The van der Waals surface area contributed by atoms with E-state index in [-0.39, 0.29) is 23.3 Å². The molecule has 2 amide bonds. The minimum Gasteiger partial charge on any atom is -0.329 e. The normalized spacial score (nSPS) is 25.9. The van der Waals surface area contributed by atoms with E-state index in [0.717, 1.165) is 32.5 Å². The zero-order chi connectivity index (χ0) is 14.0. The fourth-order valence-electron chi connectivity index (χ4n) is 3.18. The van der Waals surface area contributed by atoms with Crippen molar-refractivity contribution < 1.29 is 9.59 Å². The van der Waals surface area contributed by atoms with Crippen molar-refractivity contribution in [1.82, 2.24) is 9.80 Å². The summed E-state index contributed by atoms with van der Waals surface area (Å²) in [6, 6.07) is 0.102. The average Bonchev–Trinajstić information content (AvgIpc) is 2.29. The second kappa shape index (κ2) is 5.59. The number of hydrogen-bond donors (Lipinski definition) is 1. The van der Waals surface area contributed by atoms with Crippen LogP contribution in [-0.4, -0.2) is 53.8 Å². The zero-order valence-corrected chi connectivity index (χ0v) is 12.0. The van der Waals surface area contributed by atoms with Gasteiger partial charge in [0.25, 0.3) is 0 Å². The van der Waals surface area contributed by atoms with Gasteiger partial charge in [0.1, 0.15) is 0 Å². The number of piperidine rings is 2. The van der Waals surface area contributed by atoms with Crippen molar-refractivity contribution in [3.05, 3.63) is 0 Å². The number of nitrogens with zero attached hydrogens (tertiary/aromatic N) is 2. The summed E-state index contributed by atoms with van der Waals surface area (Å²) in [5, 5.41) is 0. The summed E-state index contributed by atoms with van der Waals surface area (Å²) in [5.41, 5.74) is 5.37. The number of likely N-dealkylation sites (tertiary alicyclic amines) is 2. The van der Waals surface area contributed by atoms with E-state index in [1.54, 1.807) is 4.90 Å². The predicted molar refractivity (Wildman–Crippen MR) is 73.4 cm³/mol. The van der Waals surface area contributed by atoms with Crippen LogP contribution in [0.25, 0.3) is 0 Å². The Balaban J connectivity index is 1.96. The fraction of sp³-hybridized carbons (Fsp3) is 0.857. The van der Waals surface area contributed by atoms with Crippen LogP contribution >= 0.6 is 0 Å². The van der Waals surface area contributed by atoms with Crippen LogP contribution in [0.1, 0.15) is 39.5 Å². The molecule has 2 aliphatic rings. The van der Waals surface area contributed by atoms with E-state index in [0.29, 0.717) is 19.4 Å². The molecule has 2 fully saturated rings. The van der Waals surface area contributed by atoms with E-state index in [9.17, 15) is 9.59 Å². The van der Waals surface area contributed by atoms with Crippen molar-refractivity contribution in [1.29, 1.82) is 0 Å². The Kier molecular flexibility index (Phi) is 4.26. The molecule has 2 N–H and O–H groups in total. The van der Waals surface area contributed by atoms with Gasteiger partial charge in [0.05, 0.1) is 0 Å². The van der Waals surface area contributed by atoms with Crippen LogP contribution in [0.4, 0.5) is 0 Å². The van der Waals surface area contributed by atoms with E-state index in [1.165, 1.54) is 0 Å². The molecule has 108 valence electrons. The fourth-order valence-corrected chi connectivity index (χ4v) is 3.18. The molecule has 0 aromatic heterocycles. The summed E-state index contributed by atoms with van der Waals surface area (Å²) in [4.78, 5) is 28.2. The Hall–Kier alpha value is -0.940. The second-order valence-corrected chi connectivity index (χ2v) is 6.54. The molecule has 0 aromatic carbocycles. The Morgan fingerprint density at radius 3 is 2.16 bits per heavy atom. The molecule has 19 heavy (non-hydrogen) atoms. The van der Waals surface area contributed by atoms with Gasteiger partial charge in [-0.15, -0.1) is 0 Å².